The van der Waals surface area contributed by atoms with Crippen LogP contribution < -0.4 is 14.2 Å². The average molecular weight is 385 g/mol. The Labute approximate surface area is 165 Å². The lowest BCUT2D eigenvalue weighted by Gasteiger charge is -2.26. The molecule has 150 valence electrons. The highest BCUT2D eigenvalue weighted by Crippen LogP contribution is 2.42. The quantitative estimate of drug-likeness (QED) is 0.698. The van der Waals surface area contributed by atoms with Crippen molar-refractivity contribution < 1.29 is 24.1 Å². The fourth-order valence-electron chi connectivity index (χ4n) is 3.19. The van der Waals surface area contributed by atoms with Gasteiger partial charge in [0.2, 0.25) is 5.75 Å². The van der Waals surface area contributed by atoms with Gasteiger partial charge in [-0.25, -0.2) is 0 Å². The summed E-state index contributed by atoms with van der Waals surface area (Å²) in [6, 6.07) is 9.38. The molecule has 28 heavy (non-hydrogen) atoms. The minimum Gasteiger partial charge on any atom is -0.502 e. The summed E-state index contributed by atoms with van der Waals surface area (Å²) >= 11 is 0. The van der Waals surface area contributed by atoms with Gasteiger partial charge in [-0.3, -0.25) is 4.90 Å². The Kier molecular flexibility index (Phi) is 6.79. The number of aromatic hydroxyl groups is 1. The van der Waals surface area contributed by atoms with Crippen LogP contribution in [-0.4, -0.2) is 50.5 Å². The maximum atomic E-state index is 10.4. The van der Waals surface area contributed by atoms with E-state index in [-0.39, 0.29) is 5.75 Å². The molecule has 1 fully saturated rings. The Balaban J connectivity index is 1.83. The summed E-state index contributed by atoms with van der Waals surface area (Å²) in [4.78, 5) is 2.34. The summed E-state index contributed by atoms with van der Waals surface area (Å²) in [5, 5.41) is 10.4. The van der Waals surface area contributed by atoms with Crippen molar-refractivity contribution in [1.29, 1.82) is 0 Å². The second-order valence-corrected chi connectivity index (χ2v) is 6.61. The van der Waals surface area contributed by atoms with Crippen LogP contribution >= 0.6 is 0 Å². The van der Waals surface area contributed by atoms with Gasteiger partial charge in [0.25, 0.3) is 0 Å². The highest BCUT2D eigenvalue weighted by molar-refractivity contribution is 5.56. The number of nitrogens with zero attached hydrogens (tertiary/aromatic N) is 1. The van der Waals surface area contributed by atoms with Crippen LogP contribution in [0.4, 0.5) is 0 Å². The van der Waals surface area contributed by atoms with Crippen LogP contribution in [0.2, 0.25) is 0 Å². The molecule has 0 spiro atoms. The third kappa shape index (κ3) is 4.77. The first-order chi connectivity index (χ1) is 13.6. The number of benzene rings is 2. The lowest BCUT2D eigenvalue weighted by Crippen LogP contribution is -2.35. The molecule has 6 heteroatoms. The van der Waals surface area contributed by atoms with Crippen molar-refractivity contribution in [3.63, 3.8) is 0 Å². The standard InChI is InChI=1S/C22H27NO5/c1-4-5-16-12-20(26-3)22(24)21(13-16)28-18-7-6-17(14-19(18)25-2)15-23-8-10-27-11-9-23/h4,6-7,12-14,24H,1,5,8-11,15H2,2-3H3. The summed E-state index contributed by atoms with van der Waals surface area (Å²) < 4.78 is 22.2. The molecule has 0 radical (unpaired) electrons. The molecule has 0 aromatic heterocycles. The number of rotatable bonds is 8. The molecule has 0 atom stereocenters. The van der Waals surface area contributed by atoms with Crippen molar-refractivity contribution in [2.75, 3.05) is 40.5 Å². The Morgan fingerprint density at radius 1 is 1.00 bits per heavy atom. The molecule has 0 aliphatic carbocycles. The average Bonchev–Trinajstić information content (AvgIpc) is 2.72. The van der Waals surface area contributed by atoms with Crippen LogP contribution in [-0.2, 0) is 17.7 Å². The molecule has 1 N–H and O–H groups in total. The first-order valence-electron chi connectivity index (χ1n) is 9.30. The van der Waals surface area contributed by atoms with E-state index in [4.69, 9.17) is 18.9 Å². The molecule has 0 saturated carbocycles. The smallest absolute Gasteiger partial charge is 0.201 e. The molecule has 0 bridgehead atoms. The highest BCUT2D eigenvalue weighted by atomic mass is 16.5. The topological polar surface area (TPSA) is 60.4 Å². The third-order valence-electron chi connectivity index (χ3n) is 4.66. The summed E-state index contributed by atoms with van der Waals surface area (Å²) in [7, 11) is 3.12. The molecule has 1 aliphatic heterocycles. The summed E-state index contributed by atoms with van der Waals surface area (Å²) in [6.45, 7) is 7.95. The van der Waals surface area contributed by atoms with E-state index in [0.717, 1.165) is 44.0 Å². The second kappa shape index (κ2) is 9.48. The minimum atomic E-state index is -0.0465. The maximum Gasteiger partial charge on any atom is 0.201 e. The third-order valence-corrected chi connectivity index (χ3v) is 4.66. The van der Waals surface area contributed by atoms with E-state index >= 15 is 0 Å². The van der Waals surface area contributed by atoms with Gasteiger partial charge in [-0.05, 0) is 41.8 Å². The number of phenols is 1. The zero-order chi connectivity index (χ0) is 19.9. The summed E-state index contributed by atoms with van der Waals surface area (Å²) in [6.07, 6.45) is 2.43. The molecule has 3 rings (SSSR count). The number of ether oxygens (including phenoxy) is 4. The Morgan fingerprint density at radius 2 is 1.68 bits per heavy atom. The fraction of sp³-hybridized carbons (Fsp3) is 0.364. The molecular weight excluding hydrogens is 358 g/mol. The van der Waals surface area contributed by atoms with Gasteiger partial charge in [-0.15, -0.1) is 6.58 Å². The lowest BCUT2D eigenvalue weighted by molar-refractivity contribution is 0.0341. The zero-order valence-corrected chi connectivity index (χ0v) is 16.4. The van der Waals surface area contributed by atoms with Crippen molar-refractivity contribution in [3.05, 3.63) is 54.1 Å². The molecule has 0 amide bonds. The van der Waals surface area contributed by atoms with Crippen LogP contribution in [0.25, 0.3) is 0 Å². The van der Waals surface area contributed by atoms with Gasteiger partial charge in [-0.1, -0.05) is 12.1 Å². The zero-order valence-electron chi connectivity index (χ0n) is 16.4. The summed E-state index contributed by atoms with van der Waals surface area (Å²) in [5.41, 5.74) is 2.07. The maximum absolute atomic E-state index is 10.4. The first-order valence-corrected chi connectivity index (χ1v) is 9.30. The van der Waals surface area contributed by atoms with Gasteiger partial charge >= 0.3 is 0 Å². The lowest BCUT2D eigenvalue weighted by atomic mass is 10.1. The van der Waals surface area contributed by atoms with Gasteiger partial charge < -0.3 is 24.1 Å². The van der Waals surface area contributed by atoms with E-state index in [2.05, 4.69) is 11.5 Å². The summed E-state index contributed by atoms with van der Waals surface area (Å²) in [5.74, 6) is 1.77. The van der Waals surface area contributed by atoms with Gasteiger partial charge in [0.15, 0.2) is 23.0 Å². The first kappa shape index (κ1) is 20.0. The van der Waals surface area contributed by atoms with Crippen molar-refractivity contribution in [2.45, 2.75) is 13.0 Å². The van der Waals surface area contributed by atoms with Crippen LogP contribution in [0.5, 0.6) is 28.7 Å². The molecule has 1 aliphatic rings. The molecule has 0 unspecified atom stereocenters. The van der Waals surface area contributed by atoms with Gasteiger partial charge in [0.05, 0.1) is 27.4 Å². The number of morpholine rings is 1. The van der Waals surface area contributed by atoms with E-state index in [9.17, 15) is 5.11 Å². The number of allylic oxidation sites excluding steroid dienone is 1. The van der Waals surface area contributed by atoms with Gasteiger partial charge in [0.1, 0.15) is 0 Å². The monoisotopic (exact) mass is 385 g/mol. The number of hydrogen-bond acceptors (Lipinski definition) is 6. The van der Waals surface area contributed by atoms with Crippen LogP contribution in [0.3, 0.4) is 0 Å². The van der Waals surface area contributed by atoms with E-state index in [1.54, 1.807) is 25.3 Å². The van der Waals surface area contributed by atoms with E-state index < -0.39 is 0 Å². The van der Waals surface area contributed by atoms with Gasteiger partial charge in [0, 0.05) is 19.6 Å². The Hall–Kier alpha value is -2.70. The molecule has 2 aromatic carbocycles. The number of methoxy groups -OCH3 is 2. The van der Waals surface area contributed by atoms with Gasteiger partial charge in [-0.2, -0.15) is 0 Å². The highest BCUT2D eigenvalue weighted by Gasteiger charge is 2.16. The fourth-order valence-corrected chi connectivity index (χ4v) is 3.19. The molecular formula is C22H27NO5. The molecule has 1 heterocycles. The van der Waals surface area contributed by atoms with Crippen LogP contribution in [0.15, 0.2) is 43.0 Å². The predicted molar refractivity (Wildman–Crippen MR) is 108 cm³/mol. The van der Waals surface area contributed by atoms with Crippen LogP contribution in [0, 0.1) is 0 Å². The SMILES string of the molecule is C=CCc1cc(OC)c(O)c(Oc2ccc(CN3CCOCC3)cc2OC)c1. The van der Waals surface area contributed by atoms with Crippen LogP contribution in [0.1, 0.15) is 11.1 Å². The van der Waals surface area contributed by atoms with Crippen molar-refractivity contribution in [2.24, 2.45) is 0 Å². The predicted octanol–water partition coefficient (Wildman–Crippen LogP) is 3.76. The number of phenolic OH excluding ortho intramolecular Hbond substituents is 1. The minimum absolute atomic E-state index is 0.0465. The normalized spacial score (nSPS) is 14.5. The molecule has 6 nitrogen and oxygen atoms in total. The van der Waals surface area contributed by atoms with E-state index in [0.29, 0.717) is 29.4 Å². The van der Waals surface area contributed by atoms with Crippen molar-refractivity contribution in [3.8, 4) is 28.7 Å². The largest absolute Gasteiger partial charge is 0.502 e. The number of hydrogen-bond donors (Lipinski definition) is 1. The molecule has 1 saturated heterocycles. The van der Waals surface area contributed by atoms with E-state index in [1.165, 1.54) is 7.11 Å². The van der Waals surface area contributed by atoms with E-state index in [1.807, 2.05) is 18.2 Å². The Morgan fingerprint density at radius 3 is 2.36 bits per heavy atom. The second-order valence-electron chi connectivity index (χ2n) is 6.61. The van der Waals surface area contributed by atoms with Crippen molar-refractivity contribution in [1.82, 2.24) is 4.90 Å². The van der Waals surface area contributed by atoms with Crippen molar-refractivity contribution >= 4 is 0 Å². The Bertz CT molecular complexity index is 815. The molecule has 2 aromatic rings.